The smallest absolute Gasteiger partial charge is 0.407 e. The predicted octanol–water partition coefficient (Wildman–Crippen LogP) is 7.23. The molecule has 0 saturated carbocycles. The van der Waals surface area contributed by atoms with E-state index >= 15 is 0 Å². The summed E-state index contributed by atoms with van der Waals surface area (Å²) in [5.74, 6) is -0.239. The molecular weight excluding hydrogens is 614 g/mol. The summed E-state index contributed by atoms with van der Waals surface area (Å²) in [5.41, 5.74) is -0.527. The number of alkyl carbamates (subject to hydrolysis) is 1. The molecule has 0 bridgehead atoms. The maximum absolute atomic E-state index is 13.5. The fraction of sp³-hybridized carbons (Fsp3) is 0.784. The van der Waals surface area contributed by atoms with Gasteiger partial charge in [-0.2, -0.15) is 0 Å². The molecule has 0 aromatic heterocycles. The second kappa shape index (κ2) is 17.6. The number of carbonyl (C=O) groups is 2. The molecule has 10 unspecified atom stereocenters. The highest BCUT2D eigenvalue weighted by Crippen LogP contribution is 2.39. The summed E-state index contributed by atoms with van der Waals surface area (Å²) in [7, 11) is -2.26. The number of amides is 1. The first-order valence-electron chi connectivity index (χ1n) is 17.6. The van der Waals surface area contributed by atoms with Crippen LogP contribution >= 0.6 is 0 Å². The van der Waals surface area contributed by atoms with Crippen LogP contribution in [-0.4, -0.2) is 79.4 Å². The van der Waals surface area contributed by atoms with E-state index in [1.807, 2.05) is 45.9 Å². The number of hydrogen-bond acceptors (Lipinski definition) is 8. The van der Waals surface area contributed by atoms with Gasteiger partial charge in [0.2, 0.25) is 0 Å². The molecule has 10 heteroatoms. The Labute approximate surface area is 285 Å². The molecule has 10 atom stereocenters. The molecule has 2 aliphatic rings. The Hall–Kier alpha value is -1.98. The Kier molecular flexibility index (Phi) is 15.4. The van der Waals surface area contributed by atoms with Crippen LogP contribution in [0.1, 0.15) is 101 Å². The Balaban J connectivity index is 2.32. The first-order chi connectivity index (χ1) is 21.7. The fourth-order valence-electron chi connectivity index (χ4n) is 5.77. The van der Waals surface area contributed by atoms with Gasteiger partial charge in [0.15, 0.2) is 14.4 Å². The Morgan fingerprint density at radius 3 is 2.49 bits per heavy atom. The summed E-state index contributed by atoms with van der Waals surface area (Å²) in [6.07, 6.45) is 9.32. The van der Waals surface area contributed by atoms with E-state index in [-0.39, 0.29) is 59.9 Å². The van der Waals surface area contributed by atoms with Crippen molar-refractivity contribution in [3.8, 4) is 0 Å². The van der Waals surface area contributed by atoms with E-state index in [0.29, 0.717) is 13.0 Å². The quantitative estimate of drug-likeness (QED) is 0.0648. The van der Waals surface area contributed by atoms with E-state index in [1.54, 1.807) is 19.9 Å². The van der Waals surface area contributed by atoms with Crippen molar-refractivity contribution < 1.29 is 38.4 Å². The molecule has 1 fully saturated rings. The molecule has 270 valence electrons. The molecule has 1 amide bonds. The average Bonchev–Trinajstić information content (AvgIpc) is 3.73. The van der Waals surface area contributed by atoms with Gasteiger partial charge in [0.25, 0.3) is 0 Å². The van der Waals surface area contributed by atoms with Gasteiger partial charge in [0, 0.05) is 18.4 Å². The minimum atomic E-state index is -2.26. The topological polar surface area (TPSA) is 127 Å². The number of nitrogens with one attached hydrogen (secondary N) is 1. The van der Waals surface area contributed by atoms with E-state index < -0.39 is 38.3 Å². The molecular formula is C37H65NO8Si. The van der Waals surface area contributed by atoms with Crippen LogP contribution < -0.4 is 5.32 Å². The number of aliphatic hydroxyl groups excluding tert-OH is 1. The number of cyclic esters (lactones) is 1. The molecule has 0 spiro atoms. The third-order valence-electron chi connectivity index (χ3n) is 10.1. The summed E-state index contributed by atoms with van der Waals surface area (Å²) in [4.78, 5) is 26.0. The Morgan fingerprint density at radius 2 is 1.89 bits per heavy atom. The molecule has 0 aromatic carbocycles. The molecule has 0 radical (unpaired) electrons. The standard InChI is InChI=1S/C37H65NO8Si/c1-13-29(39)27(6)34-30(43-34)22-24(3)16-15-17-25(4)33-26(5)18-19-31(44-35(41)38-14-2)37(10,42)21-20-28(23-32(40)45-33)46-47(11,12)36(7,8)9/h15-19,24,26-31,33-34,39,42H,13-14,20-23H2,1-12H3,(H,38,41). The molecule has 2 aliphatic heterocycles. The number of allylic oxidation sites excluding steroid dienone is 3. The van der Waals surface area contributed by atoms with Crippen LogP contribution in [0, 0.1) is 17.8 Å². The Morgan fingerprint density at radius 1 is 1.23 bits per heavy atom. The van der Waals surface area contributed by atoms with Crippen molar-refractivity contribution in [3.05, 3.63) is 36.0 Å². The van der Waals surface area contributed by atoms with Crippen LogP contribution in [-0.2, 0) is 23.4 Å². The van der Waals surface area contributed by atoms with Gasteiger partial charge in [0.05, 0.1) is 30.8 Å². The lowest BCUT2D eigenvalue weighted by Crippen LogP contribution is -2.47. The van der Waals surface area contributed by atoms with E-state index in [9.17, 15) is 19.8 Å². The monoisotopic (exact) mass is 679 g/mol. The van der Waals surface area contributed by atoms with Crippen LogP contribution in [0.15, 0.2) is 36.0 Å². The zero-order valence-corrected chi connectivity index (χ0v) is 32.2. The number of carbonyl (C=O) groups excluding carboxylic acids is 2. The van der Waals surface area contributed by atoms with Crippen molar-refractivity contribution in [2.75, 3.05) is 6.54 Å². The summed E-state index contributed by atoms with van der Waals surface area (Å²) in [6, 6.07) is 0. The number of aliphatic hydroxyl groups is 2. The molecule has 0 aliphatic carbocycles. The zero-order chi connectivity index (χ0) is 35.7. The van der Waals surface area contributed by atoms with E-state index in [4.69, 9.17) is 18.6 Å². The average molecular weight is 680 g/mol. The zero-order valence-electron chi connectivity index (χ0n) is 31.2. The first kappa shape index (κ1) is 41.2. The fourth-order valence-corrected chi connectivity index (χ4v) is 7.16. The molecule has 47 heavy (non-hydrogen) atoms. The number of epoxide rings is 1. The summed E-state index contributed by atoms with van der Waals surface area (Å²) in [5, 5.41) is 24.3. The summed E-state index contributed by atoms with van der Waals surface area (Å²) < 4.78 is 24.4. The Bertz CT molecular complexity index is 1110. The third-order valence-corrected chi connectivity index (χ3v) is 14.7. The molecule has 2 heterocycles. The van der Waals surface area contributed by atoms with Gasteiger partial charge in [-0.05, 0) is 82.2 Å². The van der Waals surface area contributed by atoms with Crippen LogP contribution in [0.4, 0.5) is 4.79 Å². The maximum Gasteiger partial charge on any atom is 0.407 e. The van der Waals surface area contributed by atoms with Gasteiger partial charge in [-0.1, -0.05) is 72.8 Å². The van der Waals surface area contributed by atoms with Crippen molar-refractivity contribution in [1.82, 2.24) is 5.32 Å². The van der Waals surface area contributed by atoms with Gasteiger partial charge >= 0.3 is 12.1 Å². The number of esters is 1. The number of rotatable bonds is 12. The van der Waals surface area contributed by atoms with Crippen LogP contribution in [0.25, 0.3) is 0 Å². The van der Waals surface area contributed by atoms with Gasteiger partial charge in [-0.25, -0.2) is 4.79 Å². The van der Waals surface area contributed by atoms with Crippen molar-refractivity contribution in [2.45, 2.75) is 162 Å². The lowest BCUT2D eigenvalue weighted by Gasteiger charge is -2.40. The highest BCUT2D eigenvalue weighted by molar-refractivity contribution is 6.74. The van der Waals surface area contributed by atoms with Crippen molar-refractivity contribution >= 4 is 20.4 Å². The lowest BCUT2D eigenvalue weighted by atomic mass is 9.88. The van der Waals surface area contributed by atoms with E-state index in [1.165, 1.54) is 0 Å². The maximum atomic E-state index is 13.5. The first-order valence-corrected chi connectivity index (χ1v) is 20.5. The predicted molar refractivity (Wildman–Crippen MR) is 189 cm³/mol. The molecule has 9 nitrogen and oxygen atoms in total. The van der Waals surface area contributed by atoms with Crippen molar-refractivity contribution in [3.63, 3.8) is 0 Å². The minimum Gasteiger partial charge on any atom is -0.457 e. The molecule has 1 saturated heterocycles. The number of hydrogen-bond donors (Lipinski definition) is 3. The van der Waals surface area contributed by atoms with Gasteiger partial charge in [-0.15, -0.1) is 0 Å². The SMILES string of the molecule is CCNC(=O)OC1C=CC(C)C(C(C)=CC=CC(C)CC2OC2C(C)C(O)CC)OC(=O)CC(O[Si](C)(C)C(C)(C)C)CCC1(C)O. The highest BCUT2D eigenvalue weighted by atomic mass is 28.4. The molecule has 0 aromatic rings. The summed E-state index contributed by atoms with van der Waals surface area (Å²) >= 11 is 0. The van der Waals surface area contributed by atoms with Crippen molar-refractivity contribution in [2.24, 2.45) is 17.8 Å². The molecule has 3 N–H and O–H groups in total. The highest BCUT2D eigenvalue weighted by Gasteiger charge is 2.45. The molecule has 2 rings (SSSR count). The van der Waals surface area contributed by atoms with Crippen molar-refractivity contribution in [1.29, 1.82) is 0 Å². The number of ether oxygens (including phenoxy) is 3. The lowest BCUT2D eigenvalue weighted by molar-refractivity contribution is -0.151. The minimum absolute atomic E-state index is 0.0607. The second-order valence-electron chi connectivity index (χ2n) is 15.6. The third kappa shape index (κ3) is 12.8. The van der Waals surface area contributed by atoms with Gasteiger partial charge in [0.1, 0.15) is 11.7 Å². The normalized spacial score (nSPS) is 31.7. The largest absolute Gasteiger partial charge is 0.457 e. The van der Waals surface area contributed by atoms with E-state index in [0.717, 1.165) is 18.4 Å². The summed E-state index contributed by atoms with van der Waals surface area (Å²) in [6.45, 7) is 24.7. The van der Waals surface area contributed by atoms with Crippen LogP contribution in [0.3, 0.4) is 0 Å². The second-order valence-corrected chi connectivity index (χ2v) is 20.3. The van der Waals surface area contributed by atoms with Gasteiger partial charge < -0.3 is 34.2 Å². The van der Waals surface area contributed by atoms with Gasteiger partial charge in [-0.3, -0.25) is 4.79 Å². The van der Waals surface area contributed by atoms with E-state index in [2.05, 4.69) is 52.2 Å². The van der Waals surface area contributed by atoms with Crippen LogP contribution in [0.5, 0.6) is 0 Å². The van der Waals surface area contributed by atoms with Crippen LogP contribution in [0.2, 0.25) is 18.1 Å².